The van der Waals surface area contributed by atoms with Gasteiger partial charge in [-0.15, -0.1) is 0 Å². The normalized spacial score (nSPS) is 23.2. The minimum Gasteiger partial charge on any atom is -0.495 e. The first kappa shape index (κ1) is 18.2. The fraction of sp³-hybridized carbons (Fsp3) is 0.500. The molecule has 3 rings (SSSR count). The Morgan fingerprint density at radius 3 is 2.81 bits per heavy atom. The number of carbonyl (C=O) groups is 3. The van der Waals surface area contributed by atoms with Crippen molar-refractivity contribution in [3.8, 4) is 5.75 Å². The van der Waals surface area contributed by atoms with E-state index in [9.17, 15) is 19.5 Å². The molecule has 0 aliphatic carbocycles. The molecule has 1 aromatic carbocycles. The average Bonchev–Trinajstić information content (AvgIpc) is 3.02. The molecule has 2 saturated heterocycles. The number of carboxylic acid groups (broad SMARTS) is 1. The van der Waals surface area contributed by atoms with Gasteiger partial charge in [-0.1, -0.05) is 6.07 Å². The van der Waals surface area contributed by atoms with E-state index in [0.29, 0.717) is 18.0 Å². The van der Waals surface area contributed by atoms with Crippen LogP contribution in [0.5, 0.6) is 5.75 Å². The number of carboxylic acids is 1. The van der Waals surface area contributed by atoms with Crippen LogP contribution in [-0.2, 0) is 19.1 Å². The summed E-state index contributed by atoms with van der Waals surface area (Å²) in [5.41, 5.74) is 1.60. The first-order valence-corrected chi connectivity index (χ1v) is 8.48. The number of amides is 2. The van der Waals surface area contributed by atoms with Gasteiger partial charge >= 0.3 is 5.97 Å². The van der Waals surface area contributed by atoms with Crippen LogP contribution in [0.4, 0.5) is 5.69 Å². The van der Waals surface area contributed by atoms with Crippen molar-refractivity contribution in [1.82, 2.24) is 4.90 Å². The lowest BCUT2D eigenvalue weighted by Crippen LogP contribution is -2.54. The van der Waals surface area contributed by atoms with Crippen molar-refractivity contribution >= 4 is 23.5 Å². The lowest BCUT2D eigenvalue weighted by molar-refractivity contribution is -0.160. The van der Waals surface area contributed by atoms with Crippen LogP contribution in [0.3, 0.4) is 0 Å². The fourth-order valence-electron chi connectivity index (χ4n) is 3.42. The van der Waals surface area contributed by atoms with Gasteiger partial charge in [-0.2, -0.15) is 0 Å². The Bertz CT molecular complexity index is 734. The number of carbonyl (C=O) groups excluding carboxylic acids is 2. The van der Waals surface area contributed by atoms with Crippen molar-refractivity contribution in [2.45, 2.75) is 19.4 Å². The topological polar surface area (TPSA) is 96.4 Å². The third kappa shape index (κ3) is 3.37. The largest absolute Gasteiger partial charge is 0.495 e. The van der Waals surface area contributed by atoms with Gasteiger partial charge in [0.1, 0.15) is 5.75 Å². The molecule has 2 atom stereocenters. The van der Waals surface area contributed by atoms with Gasteiger partial charge in [0.2, 0.25) is 11.8 Å². The quantitative estimate of drug-likeness (QED) is 0.846. The van der Waals surface area contributed by atoms with Gasteiger partial charge in [-0.05, 0) is 24.6 Å². The molecule has 0 saturated carbocycles. The molecule has 0 aromatic heterocycles. The summed E-state index contributed by atoms with van der Waals surface area (Å²) in [5, 5.41) is 9.31. The van der Waals surface area contributed by atoms with Gasteiger partial charge < -0.3 is 24.4 Å². The lowest BCUT2D eigenvalue weighted by atomic mass is 10.1. The molecule has 1 N–H and O–H groups in total. The zero-order valence-electron chi connectivity index (χ0n) is 14.8. The molecule has 1 aromatic rings. The van der Waals surface area contributed by atoms with Crippen LogP contribution in [0.1, 0.15) is 12.0 Å². The number of hydrogen-bond acceptors (Lipinski definition) is 5. The Kier molecular flexibility index (Phi) is 5.13. The fourth-order valence-corrected chi connectivity index (χ4v) is 3.42. The Morgan fingerprint density at radius 1 is 1.35 bits per heavy atom. The van der Waals surface area contributed by atoms with Crippen LogP contribution in [-0.4, -0.2) is 67.2 Å². The van der Waals surface area contributed by atoms with Crippen molar-refractivity contribution < 1.29 is 29.0 Å². The van der Waals surface area contributed by atoms with Crippen molar-refractivity contribution in [3.63, 3.8) is 0 Å². The maximum atomic E-state index is 12.9. The second-order valence-electron chi connectivity index (χ2n) is 6.54. The molecule has 0 radical (unpaired) electrons. The highest BCUT2D eigenvalue weighted by Gasteiger charge is 2.42. The summed E-state index contributed by atoms with van der Waals surface area (Å²) in [6, 6.07) is 4.51. The molecular weight excluding hydrogens is 340 g/mol. The number of benzene rings is 1. The second kappa shape index (κ2) is 7.33. The summed E-state index contributed by atoms with van der Waals surface area (Å²) in [5.74, 6) is -1.60. The Balaban J connectivity index is 1.80. The van der Waals surface area contributed by atoms with Gasteiger partial charge in [0.05, 0.1) is 31.9 Å². The Hall–Kier alpha value is -2.61. The minimum absolute atomic E-state index is 0.0306. The minimum atomic E-state index is -1.10. The zero-order valence-corrected chi connectivity index (χ0v) is 14.8. The monoisotopic (exact) mass is 362 g/mol. The van der Waals surface area contributed by atoms with Crippen LogP contribution in [0, 0.1) is 12.8 Å². The van der Waals surface area contributed by atoms with E-state index in [1.807, 2.05) is 19.1 Å². The first-order chi connectivity index (χ1) is 12.4. The molecule has 2 aliphatic heterocycles. The highest BCUT2D eigenvalue weighted by Crippen LogP contribution is 2.34. The van der Waals surface area contributed by atoms with E-state index < -0.39 is 17.9 Å². The smallest absolute Gasteiger partial charge is 0.328 e. The summed E-state index contributed by atoms with van der Waals surface area (Å²) in [7, 11) is 1.53. The van der Waals surface area contributed by atoms with E-state index in [-0.39, 0.29) is 37.9 Å². The first-order valence-electron chi connectivity index (χ1n) is 8.48. The maximum absolute atomic E-state index is 12.9. The molecule has 2 heterocycles. The molecule has 8 heteroatoms. The number of rotatable bonds is 4. The molecule has 140 valence electrons. The number of anilines is 1. The van der Waals surface area contributed by atoms with Crippen molar-refractivity contribution in [3.05, 3.63) is 23.8 Å². The van der Waals surface area contributed by atoms with Gasteiger partial charge in [0.25, 0.3) is 0 Å². The Labute approximate surface area is 151 Å². The summed E-state index contributed by atoms with van der Waals surface area (Å²) < 4.78 is 10.5. The highest BCUT2D eigenvalue weighted by molar-refractivity contribution is 6.01. The second-order valence-corrected chi connectivity index (χ2v) is 6.54. The third-order valence-electron chi connectivity index (χ3n) is 4.80. The van der Waals surface area contributed by atoms with Gasteiger partial charge in [-0.3, -0.25) is 9.59 Å². The van der Waals surface area contributed by atoms with E-state index in [4.69, 9.17) is 9.47 Å². The SMILES string of the molecule is COc1ccc(C)cc1N1C[C@H](C(=O)N2CCOC[C@@H]2C(=O)O)CC1=O. The van der Waals surface area contributed by atoms with E-state index in [1.165, 1.54) is 12.0 Å². The van der Waals surface area contributed by atoms with Crippen LogP contribution in [0.2, 0.25) is 0 Å². The summed E-state index contributed by atoms with van der Waals surface area (Å²) >= 11 is 0. The van der Waals surface area contributed by atoms with E-state index in [1.54, 1.807) is 11.0 Å². The highest BCUT2D eigenvalue weighted by atomic mass is 16.5. The molecule has 2 amide bonds. The predicted molar refractivity (Wildman–Crippen MR) is 92.1 cm³/mol. The van der Waals surface area contributed by atoms with Gasteiger partial charge in [0.15, 0.2) is 6.04 Å². The molecular formula is C18H22N2O6. The van der Waals surface area contributed by atoms with Crippen LogP contribution in [0.15, 0.2) is 18.2 Å². The summed E-state index contributed by atoms with van der Waals surface area (Å²) in [6.07, 6.45) is 0.0552. The van der Waals surface area contributed by atoms with Crippen molar-refractivity contribution in [2.75, 3.05) is 38.3 Å². The van der Waals surface area contributed by atoms with Crippen LogP contribution < -0.4 is 9.64 Å². The van der Waals surface area contributed by atoms with Gasteiger partial charge in [-0.25, -0.2) is 4.79 Å². The molecule has 2 fully saturated rings. The molecule has 0 bridgehead atoms. The van der Waals surface area contributed by atoms with E-state index in [0.717, 1.165) is 5.56 Å². The van der Waals surface area contributed by atoms with Crippen LogP contribution in [0.25, 0.3) is 0 Å². The Morgan fingerprint density at radius 2 is 2.12 bits per heavy atom. The van der Waals surface area contributed by atoms with Gasteiger partial charge in [0, 0.05) is 19.5 Å². The predicted octanol–water partition coefficient (Wildman–Crippen LogP) is 0.669. The molecule has 8 nitrogen and oxygen atoms in total. The number of methoxy groups -OCH3 is 1. The zero-order chi connectivity index (χ0) is 18.8. The standard InChI is InChI=1S/C18H22N2O6/c1-11-3-4-15(25-2)13(7-11)20-9-12(8-16(20)21)17(22)19-5-6-26-10-14(19)18(23)24/h3-4,7,12,14H,5-6,8-10H2,1-2H3,(H,23,24)/t12-,14-/m1/s1. The lowest BCUT2D eigenvalue weighted by Gasteiger charge is -2.34. The number of aliphatic carboxylic acids is 1. The van der Waals surface area contributed by atoms with E-state index in [2.05, 4.69) is 0 Å². The molecule has 0 unspecified atom stereocenters. The van der Waals surface area contributed by atoms with Crippen LogP contribution >= 0.6 is 0 Å². The number of hydrogen-bond donors (Lipinski definition) is 1. The van der Waals surface area contributed by atoms with Crippen molar-refractivity contribution in [1.29, 1.82) is 0 Å². The number of nitrogens with zero attached hydrogens (tertiary/aromatic N) is 2. The maximum Gasteiger partial charge on any atom is 0.328 e. The molecule has 26 heavy (non-hydrogen) atoms. The third-order valence-corrected chi connectivity index (χ3v) is 4.80. The average molecular weight is 362 g/mol. The molecule has 2 aliphatic rings. The number of morpholine rings is 1. The van der Waals surface area contributed by atoms with Crippen molar-refractivity contribution in [2.24, 2.45) is 5.92 Å². The van der Waals surface area contributed by atoms with E-state index >= 15 is 0 Å². The number of aryl methyl sites for hydroxylation is 1. The number of ether oxygens (including phenoxy) is 2. The summed E-state index contributed by atoms with van der Waals surface area (Å²) in [4.78, 5) is 39.6. The summed E-state index contributed by atoms with van der Waals surface area (Å²) in [6.45, 7) is 2.61. The molecule has 0 spiro atoms.